The molecular formula is C16H17FN2O6S2. The molecule has 3 rings (SSSR count). The first-order valence-corrected chi connectivity index (χ1v) is 10.7. The van der Waals surface area contributed by atoms with Crippen molar-refractivity contribution in [3.8, 4) is 0 Å². The molecule has 8 nitrogen and oxygen atoms in total. The summed E-state index contributed by atoms with van der Waals surface area (Å²) in [6.07, 6.45) is 0. The fourth-order valence-electron chi connectivity index (χ4n) is 2.96. The molecule has 27 heavy (non-hydrogen) atoms. The van der Waals surface area contributed by atoms with E-state index >= 15 is 0 Å². The number of amides is 1. The minimum Gasteiger partial charge on any atom is -0.480 e. The van der Waals surface area contributed by atoms with Crippen LogP contribution < -0.4 is 4.90 Å². The minimum absolute atomic E-state index is 0.0457. The molecule has 0 radical (unpaired) electrons. The van der Waals surface area contributed by atoms with Crippen LogP contribution in [0, 0.1) is 12.7 Å². The lowest BCUT2D eigenvalue weighted by atomic mass is 10.1. The van der Waals surface area contributed by atoms with Gasteiger partial charge < -0.3 is 14.7 Å². The van der Waals surface area contributed by atoms with Crippen LogP contribution in [0.5, 0.6) is 0 Å². The van der Waals surface area contributed by atoms with Crippen molar-refractivity contribution < 1.29 is 32.2 Å². The minimum atomic E-state index is -3.23. The molecule has 2 aliphatic heterocycles. The molecule has 2 atom stereocenters. The Balaban J connectivity index is 1.88. The maximum absolute atomic E-state index is 14.0. The number of aliphatic imine (C=N–C) groups is 1. The van der Waals surface area contributed by atoms with Crippen LogP contribution in [0.3, 0.4) is 0 Å². The number of rotatable bonds is 5. The number of amidine groups is 1. The molecule has 0 aliphatic carbocycles. The number of aliphatic carboxylic acids is 1. The maximum Gasteiger partial charge on any atom is 0.329 e. The van der Waals surface area contributed by atoms with Crippen LogP contribution in [0.25, 0.3) is 0 Å². The van der Waals surface area contributed by atoms with Crippen molar-refractivity contribution in [2.45, 2.75) is 18.2 Å². The lowest BCUT2D eigenvalue weighted by Gasteiger charge is -2.24. The van der Waals surface area contributed by atoms with E-state index in [1.807, 2.05) is 0 Å². The Morgan fingerprint density at radius 2 is 2.11 bits per heavy atom. The second-order valence-corrected chi connectivity index (χ2v) is 9.64. The van der Waals surface area contributed by atoms with Gasteiger partial charge in [0, 0.05) is 10.9 Å². The summed E-state index contributed by atoms with van der Waals surface area (Å²) >= 11 is 1.15. The molecule has 0 aromatic heterocycles. The molecule has 2 saturated heterocycles. The molecule has 11 heteroatoms. The Bertz CT molecular complexity index is 917. The van der Waals surface area contributed by atoms with Crippen LogP contribution in [-0.4, -0.2) is 66.6 Å². The Labute approximate surface area is 159 Å². The molecule has 2 heterocycles. The Kier molecular flexibility index (Phi) is 5.54. The lowest BCUT2D eigenvalue weighted by molar-refractivity contribution is -0.143. The van der Waals surface area contributed by atoms with Crippen LogP contribution in [0.4, 0.5) is 10.1 Å². The Morgan fingerprint density at radius 3 is 2.78 bits per heavy atom. The van der Waals surface area contributed by atoms with Crippen molar-refractivity contribution in [3.63, 3.8) is 0 Å². The summed E-state index contributed by atoms with van der Waals surface area (Å²) in [7, 11) is -3.23. The van der Waals surface area contributed by atoms with Gasteiger partial charge in [0.25, 0.3) is 5.91 Å². The molecule has 2 fully saturated rings. The van der Waals surface area contributed by atoms with E-state index in [0.717, 1.165) is 11.8 Å². The highest BCUT2D eigenvalue weighted by molar-refractivity contribution is 8.16. The first-order chi connectivity index (χ1) is 12.7. The molecule has 1 aromatic carbocycles. The van der Waals surface area contributed by atoms with Gasteiger partial charge in [-0.3, -0.25) is 4.79 Å². The average molecular weight is 416 g/mol. The smallest absolute Gasteiger partial charge is 0.329 e. The van der Waals surface area contributed by atoms with Gasteiger partial charge >= 0.3 is 5.97 Å². The standard InChI is InChI=1S/C16H17FN2O6S2/c1-9-2-3-10(4-11(9)17)19-12-7-27(23,24)8-13(12)26-16(19)18-14(20)5-25-6-15(21)22/h2-4,12-13H,5-8H2,1H3,(H,21,22). The van der Waals surface area contributed by atoms with E-state index < -0.39 is 46.8 Å². The third-order valence-electron chi connectivity index (χ3n) is 4.17. The van der Waals surface area contributed by atoms with E-state index in [2.05, 4.69) is 4.99 Å². The highest BCUT2D eigenvalue weighted by Gasteiger charge is 2.49. The zero-order valence-electron chi connectivity index (χ0n) is 14.3. The number of carbonyl (C=O) groups excluding carboxylic acids is 1. The topological polar surface area (TPSA) is 113 Å². The molecule has 0 spiro atoms. The highest BCUT2D eigenvalue weighted by atomic mass is 32.2. The van der Waals surface area contributed by atoms with E-state index in [1.54, 1.807) is 24.0 Å². The summed E-state index contributed by atoms with van der Waals surface area (Å²) in [5, 5.41) is 8.47. The van der Waals surface area contributed by atoms with E-state index in [1.165, 1.54) is 6.07 Å². The number of ether oxygens (including phenoxy) is 1. The van der Waals surface area contributed by atoms with Crippen molar-refractivity contribution in [2.75, 3.05) is 29.6 Å². The number of sulfone groups is 1. The molecule has 1 aromatic rings. The number of hydrogen-bond donors (Lipinski definition) is 1. The molecule has 2 aliphatic rings. The SMILES string of the molecule is Cc1ccc(N2C(=NC(=O)COCC(=O)O)SC3CS(=O)(=O)CC32)cc1F. The number of fused-ring (bicyclic) bond motifs is 1. The van der Waals surface area contributed by atoms with E-state index in [9.17, 15) is 22.4 Å². The predicted octanol–water partition coefficient (Wildman–Crippen LogP) is 0.837. The second-order valence-electron chi connectivity index (χ2n) is 6.28. The normalized spacial score (nSPS) is 25.0. The summed E-state index contributed by atoms with van der Waals surface area (Å²) in [5.74, 6) is -2.50. The van der Waals surface area contributed by atoms with Gasteiger partial charge in [-0.2, -0.15) is 4.99 Å². The summed E-state index contributed by atoms with van der Waals surface area (Å²) in [6.45, 7) is 0.471. The second kappa shape index (κ2) is 7.56. The van der Waals surface area contributed by atoms with Crippen molar-refractivity contribution in [3.05, 3.63) is 29.6 Å². The van der Waals surface area contributed by atoms with Crippen molar-refractivity contribution >= 4 is 44.3 Å². The number of halogens is 1. The molecule has 1 N–H and O–H groups in total. The van der Waals surface area contributed by atoms with Gasteiger partial charge in [-0.1, -0.05) is 17.8 Å². The number of nitrogens with zero attached hydrogens (tertiary/aromatic N) is 2. The highest BCUT2D eigenvalue weighted by Crippen LogP contribution is 2.41. The molecule has 146 valence electrons. The number of hydrogen-bond acceptors (Lipinski definition) is 6. The van der Waals surface area contributed by atoms with E-state index in [4.69, 9.17) is 9.84 Å². The van der Waals surface area contributed by atoms with Crippen LogP contribution in [-0.2, 0) is 24.2 Å². The van der Waals surface area contributed by atoms with Crippen LogP contribution in [0.15, 0.2) is 23.2 Å². The van der Waals surface area contributed by atoms with Crippen LogP contribution >= 0.6 is 11.8 Å². The predicted molar refractivity (Wildman–Crippen MR) is 98.3 cm³/mol. The molecule has 0 bridgehead atoms. The van der Waals surface area contributed by atoms with Crippen molar-refractivity contribution in [1.82, 2.24) is 0 Å². The van der Waals surface area contributed by atoms with Gasteiger partial charge in [0.05, 0.1) is 17.5 Å². The first-order valence-electron chi connectivity index (χ1n) is 8.00. The van der Waals surface area contributed by atoms with Gasteiger partial charge in [-0.05, 0) is 24.6 Å². The fraction of sp³-hybridized carbons (Fsp3) is 0.438. The number of aryl methyl sites for hydroxylation is 1. The van der Waals surface area contributed by atoms with Gasteiger partial charge in [0.2, 0.25) is 0 Å². The number of carbonyl (C=O) groups is 2. The number of benzene rings is 1. The lowest BCUT2D eigenvalue weighted by Crippen LogP contribution is -2.38. The quantitative estimate of drug-likeness (QED) is 0.751. The monoisotopic (exact) mass is 416 g/mol. The Morgan fingerprint density at radius 1 is 1.37 bits per heavy atom. The van der Waals surface area contributed by atoms with Gasteiger partial charge in [-0.25, -0.2) is 17.6 Å². The van der Waals surface area contributed by atoms with Crippen molar-refractivity contribution in [1.29, 1.82) is 0 Å². The number of thioether (sulfide) groups is 1. The number of carboxylic acid groups (broad SMARTS) is 1. The maximum atomic E-state index is 14.0. The third kappa shape index (κ3) is 4.47. The molecule has 0 saturated carbocycles. The van der Waals surface area contributed by atoms with Gasteiger partial charge in [-0.15, -0.1) is 0 Å². The molecule has 2 unspecified atom stereocenters. The number of carboxylic acids is 1. The van der Waals surface area contributed by atoms with Gasteiger partial charge in [0.1, 0.15) is 19.0 Å². The van der Waals surface area contributed by atoms with Crippen LogP contribution in [0.1, 0.15) is 5.56 Å². The largest absolute Gasteiger partial charge is 0.480 e. The summed E-state index contributed by atoms with van der Waals surface area (Å²) < 4.78 is 42.7. The first kappa shape index (κ1) is 19.8. The summed E-state index contributed by atoms with van der Waals surface area (Å²) in [5.41, 5.74) is 0.853. The van der Waals surface area contributed by atoms with Crippen molar-refractivity contribution in [2.24, 2.45) is 4.99 Å². The molecule has 1 amide bonds. The number of anilines is 1. The zero-order chi connectivity index (χ0) is 19.8. The van der Waals surface area contributed by atoms with Gasteiger partial charge in [0.15, 0.2) is 15.0 Å². The van der Waals surface area contributed by atoms with E-state index in [0.29, 0.717) is 11.3 Å². The third-order valence-corrected chi connectivity index (χ3v) is 7.38. The summed E-state index contributed by atoms with van der Waals surface area (Å²) in [6, 6.07) is 4.05. The summed E-state index contributed by atoms with van der Waals surface area (Å²) in [4.78, 5) is 27.9. The van der Waals surface area contributed by atoms with E-state index in [-0.39, 0.29) is 21.9 Å². The molecular weight excluding hydrogens is 399 g/mol. The Hall–Kier alpha value is -1.98. The zero-order valence-corrected chi connectivity index (χ0v) is 15.9. The fourth-order valence-corrected chi connectivity index (χ4v) is 6.89. The van der Waals surface area contributed by atoms with Crippen LogP contribution in [0.2, 0.25) is 0 Å². The average Bonchev–Trinajstić information content (AvgIpc) is 3.00.